The minimum atomic E-state index is 0.278. The molecule has 2 nitrogen and oxygen atoms in total. The molecule has 1 fully saturated rings. The fraction of sp³-hybridized carbons (Fsp3) is 0.625. The van der Waals surface area contributed by atoms with Crippen LogP contribution in [0.2, 0.25) is 0 Å². The van der Waals surface area contributed by atoms with Crippen molar-refractivity contribution in [1.29, 1.82) is 0 Å². The van der Waals surface area contributed by atoms with Gasteiger partial charge in [-0.25, -0.2) is 0 Å². The van der Waals surface area contributed by atoms with E-state index in [1.165, 1.54) is 43.4 Å². The molecule has 1 aliphatic rings. The van der Waals surface area contributed by atoms with Crippen molar-refractivity contribution in [2.75, 3.05) is 18.5 Å². The molecule has 2 N–H and O–H groups in total. The van der Waals surface area contributed by atoms with Crippen molar-refractivity contribution in [3.63, 3.8) is 0 Å². The minimum absolute atomic E-state index is 0.278. The number of rotatable bonds is 6. The van der Waals surface area contributed by atoms with E-state index in [1.807, 2.05) is 0 Å². The summed E-state index contributed by atoms with van der Waals surface area (Å²) < 4.78 is 0. The van der Waals surface area contributed by atoms with E-state index in [-0.39, 0.29) is 6.61 Å². The molecule has 0 aliphatic heterocycles. The average Bonchev–Trinajstić information content (AvgIpc) is 2.44. The van der Waals surface area contributed by atoms with Gasteiger partial charge in [0.25, 0.3) is 0 Å². The zero-order valence-corrected chi connectivity index (χ0v) is 11.2. The fourth-order valence-electron chi connectivity index (χ4n) is 2.77. The van der Waals surface area contributed by atoms with Crippen LogP contribution in [0, 0.1) is 5.92 Å². The Morgan fingerprint density at radius 2 is 2.00 bits per heavy atom. The quantitative estimate of drug-likeness (QED) is 0.805. The van der Waals surface area contributed by atoms with Crippen LogP contribution >= 0.6 is 0 Å². The SMILES string of the molecule is OCCCc1cccc(NCC2CCCCC2)c1. The smallest absolute Gasteiger partial charge is 0.0434 e. The molecule has 1 saturated carbocycles. The number of nitrogens with one attached hydrogen (secondary N) is 1. The zero-order valence-electron chi connectivity index (χ0n) is 11.2. The maximum atomic E-state index is 8.85. The van der Waals surface area contributed by atoms with Gasteiger partial charge in [0.2, 0.25) is 0 Å². The third-order valence-corrected chi connectivity index (χ3v) is 3.87. The van der Waals surface area contributed by atoms with Crippen LogP contribution in [-0.4, -0.2) is 18.3 Å². The Kier molecular flexibility index (Phi) is 5.53. The first-order valence-electron chi connectivity index (χ1n) is 7.32. The molecule has 18 heavy (non-hydrogen) atoms. The molecule has 0 unspecified atom stereocenters. The van der Waals surface area contributed by atoms with E-state index in [0.717, 1.165) is 25.3 Å². The largest absolute Gasteiger partial charge is 0.396 e. The lowest BCUT2D eigenvalue weighted by atomic mass is 9.89. The molecule has 0 aromatic heterocycles. The minimum Gasteiger partial charge on any atom is -0.396 e. The summed E-state index contributed by atoms with van der Waals surface area (Å²) in [7, 11) is 0. The number of aliphatic hydroxyl groups excluding tert-OH is 1. The standard InChI is InChI=1S/C16H25NO/c18-11-5-9-14-8-4-10-16(12-14)17-13-15-6-2-1-3-7-15/h4,8,10,12,15,17-18H,1-3,5-7,9,11,13H2. The molecular formula is C16H25NO. The van der Waals surface area contributed by atoms with Gasteiger partial charge in [0.15, 0.2) is 0 Å². The first-order valence-corrected chi connectivity index (χ1v) is 7.32. The van der Waals surface area contributed by atoms with Crippen LogP contribution in [0.5, 0.6) is 0 Å². The summed E-state index contributed by atoms with van der Waals surface area (Å²) in [6.45, 7) is 1.39. The van der Waals surface area contributed by atoms with Crippen molar-refractivity contribution in [3.05, 3.63) is 29.8 Å². The van der Waals surface area contributed by atoms with Gasteiger partial charge >= 0.3 is 0 Å². The van der Waals surface area contributed by atoms with E-state index < -0.39 is 0 Å². The van der Waals surface area contributed by atoms with Gasteiger partial charge in [-0.2, -0.15) is 0 Å². The van der Waals surface area contributed by atoms with Crippen LogP contribution in [0.25, 0.3) is 0 Å². The molecule has 0 heterocycles. The van der Waals surface area contributed by atoms with Gasteiger partial charge in [0.05, 0.1) is 0 Å². The van der Waals surface area contributed by atoms with Crippen molar-refractivity contribution in [1.82, 2.24) is 0 Å². The lowest BCUT2D eigenvalue weighted by Crippen LogP contribution is -2.17. The molecule has 0 atom stereocenters. The number of hydrogen-bond acceptors (Lipinski definition) is 2. The van der Waals surface area contributed by atoms with Crippen molar-refractivity contribution < 1.29 is 5.11 Å². The second-order valence-electron chi connectivity index (χ2n) is 5.41. The highest BCUT2D eigenvalue weighted by atomic mass is 16.2. The van der Waals surface area contributed by atoms with E-state index in [2.05, 4.69) is 29.6 Å². The third kappa shape index (κ3) is 4.34. The first-order chi connectivity index (χ1) is 8.88. The van der Waals surface area contributed by atoms with Crippen molar-refractivity contribution in [2.24, 2.45) is 5.92 Å². The summed E-state index contributed by atoms with van der Waals surface area (Å²) in [5, 5.41) is 12.4. The molecule has 1 aromatic rings. The molecule has 0 radical (unpaired) electrons. The maximum absolute atomic E-state index is 8.85. The fourth-order valence-corrected chi connectivity index (χ4v) is 2.77. The van der Waals surface area contributed by atoms with Gasteiger partial charge in [-0.1, -0.05) is 31.4 Å². The van der Waals surface area contributed by atoms with Crippen LogP contribution in [0.15, 0.2) is 24.3 Å². The van der Waals surface area contributed by atoms with E-state index in [9.17, 15) is 0 Å². The second-order valence-corrected chi connectivity index (χ2v) is 5.41. The topological polar surface area (TPSA) is 32.3 Å². The first kappa shape index (κ1) is 13.4. The zero-order chi connectivity index (χ0) is 12.6. The van der Waals surface area contributed by atoms with E-state index in [1.54, 1.807) is 0 Å². The van der Waals surface area contributed by atoms with Gasteiger partial charge in [-0.05, 0) is 49.3 Å². The van der Waals surface area contributed by atoms with Crippen LogP contribution < -0.4 is 5.32 Å². The number of aliphatic hydroxyl groups is 1. The van der Waals surface area contributed by atoms with Gasteiger partial charge < -0.3 is 10.4 Å². The van der Waals surface area contributed by atoms with E-state index in [4.69, 9.17) is 5.11 Å². The Morgan fingerprint density at radius 3 is 2.78 bits per heavy atom. The highest BCUT2D eigenvalue weighted by Gasteiger charge is 2.12. The van der Waals surface area contributed by atoms with Crippen LogP contribution in [0.4, 0.5) is 5.69 Å². The predicted molar refractivity (Wildman–Crippen MR) is 76.9 cm³/mol. The van der Waals surface area contributed by atoms with Crippen molar-refractivity contribution in [3.8, 4) is 0 Å². The molecule has 0 saturated heterocycles. The lowest BCUT2D eigenvalue weighted by Gasteiger charge is -2.22. The maximum Gasteiger partial charge on any atom is 0.0434 e. The number of aryl methyl sites for hydroxylation is 1. The number of benzene rings is 1. The van der Waals surface area contributed by atoms with Crippen molar-refractivity contribution >= 4 is 5.69 Å². The van der Waals surface area contributed by atoms with Gasteiger partial charge in [-0.3, -0.25) is 0 Å². The Bertz CT molecular complexity index is 345. The van der Waals surface area contributed by atoms with Crippen LogP contribution in [0.1, 0.15) is 44.1 Å². The summed E-state index contributed by atoms with van der Waals surface area (Å²) in [5.41, 5.74) is 2.55. The summed E-state index contributed by atoms with van der Waals surface area (Å²) in [6, 6.07) is 8.61. The Morgan fingerprint density at radius 1 is 1.17 bits per heavy atom. The highest BCUT2D eigenvalue weighted by Crippen LogP contribution is 2.24. The van der Waals surface area contributed by atoms with Gasteiger partial charge in [0, 0.05) is 18.8 Å². The van der Waals surface area contributed by atoms with E-state index in [0.29, 0.717) is 0 Å². The molecule has 0 bridgehead atoms. The summed E-state index contributed by atoms with van der Waals surface area (Å²) in [5.74, 6) is 0.861. The van der Waals surface area contributed by atoms with Gasteiger partial charge in [-0.15, -0.1) is 0 Å². The molecule has 1 aromatic carbocycles. The summed E-state index contributed by atoms with van der Waals surface area (Å²) in [4.78, 5) is 0. The average molecular weight is 247 g/mol. The Labute approximate surface area is 110 Å². The van der Waals surface area contributed by atoms with Gasteiger partial charge in [0.1, 0.15) is 0 Å². The Balaban J connectivity index is 1.80. The molecule has 1 aliphatic carbocycles. The second kappa shape index (κ2) is 7.42. The normalized spacial score (nSPS) is 16.7. The third-order valence-electron chi connectivity index (χ3n) is 3.87. The van der Waals surface area contributed by atoms with Crippen LogP contribution in [0.3, 0.4) is 0 Å². The molecule has 0 spiro atoms. The Hall–Kier alpha value is -1.02. The summed E-state index contributed by atoms with van der Waals surface area (Å²) in [6.07, 6.45) is 8.83. The van der Waals surface area contributed by atoms with E-state index >= 15 is 0 Å². The van der Waals surface area contributed by atoms with Crippen LogP contribution in [-0.2, 0) is 6.42 Å². The number of hydrogen-bond donors (Lipinski definition) is 2. The van der Waals surface area contributed by atoms with Crippen molar-refractivity contribution in [2.45, 2.75) is 44.9 Å². The lowest BCUT2D eigenvalue weighted by molar-refractivity contribution is 0.288. The number of anilines is 1. The molecule has 100 valence electrons. The molecular weight excluding hydrogens is 222 g/mol. The summed E-state index contributed by atoms with van der Waals surface area (Å²) >= 11 is 0. The molecule has 0 amide bonds. The monoisotopic (exact) mass is 247 g/mol. The highest BCUT2D eigenvalue weighted by molar-refractivity contribution is 5.45. The molecule has 2 rings (SSSR count). The predicted octanol–water partition coefficient (Wildman–Crippen LogP) is 3.60. The molecule has 2 heteroatoms.